The molecule has 0 saturated carbocycles. The molecule has 0 amide bonds. The first-order valence-corrected chi connectivity index (χ1v) is 14.2. The summed E-state index contributed by atoms with van der Waals surface area (Å²) < 4.78 is 30.9. The third-order valence-electron chi connectivity index (χ3n) is 6.19. The van der Waals surface area contributed by atoms with Crippen molar-refractivity contribution in [3.63, 3.8) is 0 Å². The predicted molar refractivity (Wildman–Crippen MR) is 150 cm³/mol. The predicted octanol–water partition coefficient (Wildman–Crippen LogP) is 7.85. The molecule has 0 radical (unpaired) electrons. The third-order valence-corrected chi connectivity index (χ3v) is 6.19. The quantitative estimate of drug-likeness (QED) is 0.179. The largest absolute Gasteiger partial charge is 0.491 e. The molecule has 0 N–H and O–H groups in total. The molecule has 0 aromatic heterocycles. The van der Waals surface area contributed by atoms with Crippen LogP contribution in [0.4, 0.5) is 0 Å². The fraction of sp³-hybridized carbons (Fsp3) is 0.806. The molecule has 36 heavy (non-hydrogen) atoms. The van der Waals surface area contributed by atoms with Crippen LogP contribution >= 0.6 is 0 Å². The maximum absolute atomic E-state index is 6.53. The van der Waals surface area contributed by atoms with Crippen molar-refractivity contribution in [3.8, 4) is 5.75 Å². The highest BCUT2D eigenvalue weighted by molar-refractivity contribution is 5.20. The lowest BCUT2D eigenvalue weighted by Crippen LogP contribution is -2.38. The number of hydrogen-bond donors (Lipinski definition) is 0. The van der Waals surface area contributed by atoms with Crippen LogP contribution in [-0.4, -0.2) is 55.9 Å². The molecule has 4 atom stereocenters. The molecule has 0 bridgehead atoms. The Morgan fingerprint density at radius 3 is 2.14 bits per heavy atom. The molecule has 0 aliphatic heterocycles. The van der Waals surface area contributed by atoms with Gasteiger partial charge in [-0.05, 0) is 85.8 Å². The zero-order valence-corrected chi connectivity index (χ0v) is 24.8. The van der Waals surface area contributed by atoms with Gasteiger partial charge in [-0.2, -0.15) is 0 Å². The fourth-order valence-corrected chi connectivity index (χ4v) is 4.29. The Bertz CT molecular complexity index is 655. The molecule has 5 nitrogen and oxygen atoms in total. The molecular formula is C31H56O5. The maximum Gasteiger partial charge on any atom is 0.119 e. The van der Waals surface area contributed by atoms with E-state index in [9.17, 15) is 0 Å². The van der Waals surface area contributed by atoms with E-state index in [1.54, 1.807) is 0 Å². The van der Waals surface area contributed by atoms with E-state index in [-0.39, 0.29) is 29.5 Å². The van der Waals surface area contributed by atoms with Crippen molar-refractivity contribution < 1.29 is 23.7 Å². The van der Waals surface area contributed by atoms with Crippen molar-refractivity contribution in [1.82, 2.24) is 0 Å². The summed E-state index contributed by atoms with van der Waals surface area (Å²) in [5.41, 5.74) is -0.491. The Hall–Kier alpha value is -1.14. The van der Waals surface area contributed by atoms with E-state index in [1.807, 2.05) is 30.3 Å². The van der Waals surface area contributed by atoms with Gasteiger partial charge in [0.05, 0.1) is 30.0 Å². The highest BCUT2D eigenvalue weighted by Crippen LogP contribution is 2.21. The number of para-hydroxylation sites is 1. The monoisotopic (exact) mass is 508 g/mol. The molecule has 0 aliphatic rings. The van der Waals surface area contributed by atoms with Crippen molar-refractivity contribution in [2.75, 3.05) is 26.4 Å². The molecule has 1 rings (SSSR count). The second kappa shape index (κ2) is 17.4. The number of ether oxygens (including phenoxy) is 5. The SMILES string of the molecule is CCCCC(CC)COCC(COc1ccccc1)OC(C)(C)CCOC(C)CC(C)OC(C)(C)C. The standard InChI is InChI=1S/C31H56O5/c1-10-12-16-27(11-2)22-32-23-29(24-34-28-17-14-13-15-18-28)36-31(8,9)19-20-33-25(3)21-26(4)35-30(5,6)7/h13-15,17-18,25-27,29H,10-12,16,19-24H2,1-9H3. The van der Waals surface area contributed by atoms with Gasteiger partial charge in [0.25, 0.3) is 0 Å². The number of unbranched alkanes of at least 4 members (excludes halogenated alkanes) is 1. The summed E-state index contributed by atoms with van der Waals surface area (Å²) in [4.78, 5) is 0. The van der Waals surface area contributed by atoms with E-state index in [1.165, 1.54) is 19.3 Å². The van der Waals surface area contributed by atoms with E-state index in [0.717, 1.165) is 31.6 Å². The minimum absolute atomic E-state index is 0.132. The van der Waals surface area contributed by atoms with Crippen LogP contribution < -0.4 is 4.74 Å². The van der Waals surface area contributed by atoms with Crippen LogP contribution in [-0.2, 0) is 18.9 Å². The molecule has 4 unspecified atom stereocenters. The van der Waals surface area contributed by atoms with Gasteiger partial charge in [-0.15, -0.1) is 0 Å². The zero-order valence-electron chi connectivity index (χ0n) is 24.8. The summed E-state index contributed by atoms with van der Waals surface area (Å²) in [7, 11) is 0. The first kappa shape index (κ1) is 32.9. The van der Waals surface area contributed by atoms with Gasteiger partial charge in [0.15, 0.2) is 0 Å². The van der Waals surface area contributed by atoms with Gasteiger partial charge in [0, 0.05) is 13.2 Å². The van der Waals surface area contributed by atoms with Crippen LogP contribution in [0, 0.1) is 5.92 Å². The second-order valence-electron chi connectivity index (χ2n) is 11.8. The van der Waals surface area contributed by atoms with Gasteiger partial charge < -0.3 is 23.7 Å². The van der Waals surface area contributed by atoms with Crippen LogP contribution in [0.3, 0.4) is 0 Å². The zero-order chi connectivity index (χ0) is 27.0. The van der Waals surface area contributed by atoms with E-state index < -0.39 is 0 Å². The maximum atomic E-state index is 6.53. The first-order chi connectivity index (χ1) is 16.9. The van der Waals surface area contributed by atoms with E-state index in [0.29, 0.717) is 25.7 Å². The van der Waals surface area contributed by atoms with Gasteiger partial charge in [-0.25, -0.2) is 0 Å². The molecule has 210 valence electrons. The lowest BCUT2D eigenvalue weighted by Gasteiger charge is -2.32. The lowest BCUT2D eigenvalue weighted by atomic mass is 10.0. The fourth-order valence-electron chi connectivity index (χ4n) is 4.29. The van der Waals surface area contributed by atoms with Gasteiger partial charge in [-0.3, -0.25) is 0 Å². The van der Waals surface area contributed by atoms with Crippen molar-refractivity contribution in [2.45, 2.75) is 130 Å². The Kier molecular flexibility index (Phi) is 15.9. The smallest absolute Gasteiger partial charge is 0.119 e. The summed E-state index contributed by atoms with van der Waals surface area (Å²) in [5, 5.41) is 0. The van der Waals surface area contributed by atoms with Crippen molar-refractivity contribution in [1.29, 1.82) is 0 Å². The summed E-state index contributed by atoms with van der Waals surface area (Å²) in [6.07, 6.45) is 6.65. The van der Waals surface area contributed by atoms with E-state index >= 15 is 0 Å². The lowest BCUT2D eigenvalue weighted by molar-refractivity contribution is -0.130. The number of hydrogen-bond acceptors (Lipinski definition) is 5. The van der Waals surface area contributed by atoms with Gasteiger partial charge in [-0.1, -0.05) is 51.3 Å². The van der Waals surface area contributed by atoms with Crippen molar-refractivity contribution in [3.05, 3.63) is 30.3 Å². The second-order valence-corrected chi connectivity index (χ2v) is 11.8. The number of rotatable bonds is 20. The Balaban J connectivity index is 2.57. The van der Waals surface area contributed by atoms with Crippen LogP contribution in [0.2, 0.25) is 0 Å². The van der Waals surface area contributed by atoms with Gasteiger partial charge in [0.1, 0.15) is 18.5 Å². The topological polar surface area (TPSA) is 46.2 Å². The minimum atomic E-state index is -0.353. The average Bonchev–Trinajstić information content (AvgIpc) is 2.78. The van der Waals surface area contributed by atoms with Crippen LogP contribution in [0.5, 0.6) is 5.75 Å². The Morgan fingerprint density at radius 1 is 0.833 bits per heavy atom. The molecule has 0 spiro atoms. The summed E-state index contributed by atoms with van der Waals surface area (Å²) in [6.45, 7) is 21.6. The molecule has 0 saturated heterocycles. The number of benzene rings is 1. The normalized spacial score (nSPS) is 15.9. The molecule has 1 aromatic carbocycles. The van der Waals surface area contributed by atoms with E-state index in [4.69, 9.17) is 23.7 Å². The molecule has 0 fully saturated rings. The third kappa shape index (κ3) is 16.6. The van der Waals surface area contributed by atoms with Crippen LogP contribution in [0.25, 0.3) is 0 Å². The first-order valence-electron chi connectivity index (χ1n) is 14.2. The van der Waals surface area contributed by atoms with Crippen molar-refractivity contribution in [2.24, 2.45) is 5.92 Å². The molecule has 0 heterocycles. The van der Waals surface area contributed by atoms with Crippen LogP contribution in [0.1, 0.15) is 101 Å². The van der Waals surface area contributed by atoms with Gasteiger partial charge >= 0.3 is 0 Å². The average molecular weight is 509 g/mol. The van der Waals surface area contributed by atoms with Crippen molar-refractivity contribution >= 4 is 0 Å². The highest BCUT2D eigenvalue weighted by atomic mass is 16.6. The summed E-state index contributed by atoms with van der Waals surface area (Å²) >= 11 is 0. The Labute approximate surface area is 222 Å². The minimum Gasteiger partial charge on any atom is -0.491 e. The molecule has 5 heteroatoms. The molecule has 0 aliphatic carbocycles. The van der Waals surface area contributed by atoms with Crippen LogP contribution in [0.15, 0.2) is 30.3 Å². The van der Waals surface area contributed by atoms with E-state index in [2.05, 4.69) is 62.3 Å². The Morgan fingerprint density at radius 2 is 1.53 bits per heavy atom. The summed E-state index contributed by atoms with van der Waals surface area (Å²) in [6, 6.07) is 9.90. The highest BCUT2D eigenvalue weighted by Gasteiger charge is 2.26. The molecule has 1 aromatic rings. The molecular weight excluding hydrogens is 452 g/mol. The summed E-state index contributed by atoms with van der Waals surface area (Å²) in [5.74, 6) is 1.45. The van der Waals surface area contributed by atoms with Gasteiger partial charge in [0.2, 0.25) is 0 Å².